The van der Waals surface area contributed by atoms with E-state index in [9.17, 15) is 4.79 Å². The molecule has 0 saturated carbocycles. The summed E-state index contributed by atoms with van der Waals surface area (Å²) in [5.74, 6) is 0. The molecule has 0 aromatic carbocycles. The SMILES string of the molecule is COC[C@H]1CCC2(CCN(C(=O)N3CCCC3)CC2)N1C. The molecule has 21 heavy (non-hydrogen) atoms. The molecule has 3 heterocycles. The lowest BCUT2D eigenvalue weighted by atomic mass is 9.85. The number of carbonyl (C=O) groups excluding carboxylic acids is 1. The lowest BCUT2D eigenvalue weighted by molar-refractivity contribution is 0.0344. The van der Waals surface area contributed by atoms with Crippen LogP contribution in [0.1, 0.15) is 38.5 Å². The molecule has 1 spiro atoms. The number of hydrogen-bond acceptors (Lipinski definition) is 3. The van der Waals surface area contributed by atoms with E-state index in [4.69, 9.17) is 4.74 Å². The highest BCUT2D eigenvalue weighted by atomic mass is 16.5. The monoisotopic (exact) mass is 295 g/mol. The molecule has 1 atom stereocenters. The van der Waals surface area contributed by atoms with Crippen molar-refractivity contribution >= 4 is 6.03 Å². The second-order valence-corrected chi connectivity index (χ2v) is 6.95. The summed E-state index contributed by atoms with van der Waals surface area (Å²) in [7, 11) is 4.03. The van der Waals surface area contributed by atoms with Gasteiger partial charge in [-0.05, 0) is 45.6 Å². The van der Waals surface area contributed by atoms with E-state index in [1.807, 2.05) is 4.90 Å². The number of piperidine rings is 1. The molecule has 3 fully saturated rings. The minimum atomic E-state index is 0.274. The molecular weight excluding hydrogens is 266 g/mol. The molecule has 0 bridgehead atoms. The number of hydrogen-bond donors (Lipinski definition) is 0. The molecule has 0 aromatic heterocycles. The third-order valence-electron chi connectivity index (χ3n) is 5.94. The molecule has 3 aliphatic rings. The molecule has 0 radical (unpaired) electrons. The summed E-state index contributed by atoms with van der Waals surface area (Å²) in [5.41, 5.74) is 0.311. The van der Waals surface area contributed by atoms with Crippen molar-refractivity contribution in [2.24, 2.45) is 0 Å². The van der Waals surface area contributed by atoms with Gasteiger partial charge >= 0.3 is 6.03 Å². The number of urea groups is 1. The Morgan fingerprint density at radius 1 is 1.10 bits per heavy atom. The largest absolute Gasteiger partial charge is 0.383 e. The summed E-state index contributed by atoms with van der Waals surface area (Å²) in [6.45, 7) is 4.57. The predicted molar refractivity (Wildman–Crippen MR) is 82.4 cm³/mol. The summed E-state index contributed by atoms with van der Waals surface area (Å²) >= 11 is 0. The maximum absolute atomic E-state index is 12.5. The quantitative estimate of drug-likeness (QED) is 0.779. The minimum absolute atomic E-state index is 0.274. The van der Waals surface area contributed by atoms with Gasteiger partial charge in [0.1, 0.15) is 0 Å². The van der Waals surface area contributed by atoms with Gasteiger partial charge in [0.2, 0.25) is 0 Å². The zero-order chi connectivity index (χ0) is 14.9. The van der Waals surface area contributed by atoms with Crippen molar-refractivity contribution in [2.45, 2.75) is 50.1 Å². The second-order valence-electron chi connectivity index (χ2n) is 6.95. The summed E-state index contributed by atoms with van der Waals surface area (Å²) in [4.78, 5) is 19.1. The molecular formula is C16H29N3O2. The van der Waals surface area contributed by atoms with Crippen LogP contribution >= 0.6 is 0 Å². The van der Waals surface area contributed by atoms with Crippen molar-refractivity contribution in [1.82, 2.24) is 14.7 Å². The molecule has 2 amide bonds. The van der Waals surface area contributed by atoms with Gasteiger partial charge in [0.15, 0.2) is 0 Å². The maximum Gasteiger partial charge on any atom is 0.319 e. The average molecular weight is 295 g/mol. The van der Waals surface area contributed by atoms with E-state index in [2.05, 4.69) is 16.8 Å². The van der Waals surface area contributed by atoms with E-state index in [0.29, 0.717) is 11.6 Å². The summed E-state index contributed by atoms with van der Waals surface area (Å²) < 4.78 is 5.34. The number of likely N-dealkylation sites (tertiary alicyclic amines) is 3. The summed E-state index contributed by atoms with van der Waals surface area (Å²) in [6, 6.07) is 0.826. The van der Waals surface area contributed by atoms with E-state index in [-0.39, 0.29) is 6.03 Å². The number of likely N-dealkylation sites (N-methyl/N-ethyl adjacent to an activating group) is 1. The van der Waals surface area contributed by atoms with Crippen LogP contribution in [-0.4, -0.2) is 79.3 Å². The molecule has 5 heteroatoms. The number of methoxy groups -OCH3 is 1. The van der Waals surface area contributed by atoms with Gasteiger partial charge in [0, 0.05) is 44.9 Å². The van der Waals surface area contributed by atoms with Gasteiger partial charge < -0.3 is 14.5 Å². The van der Waals surface area contributed by atoms with Crippen LogP contribution < -0.4 is 0 Å². The second kappa shape index (κ2) is 6.13. The molecule has 5 nitrogen and oxygen atoms in total. The average Bonchev–Trinajstić information content (AvgIpc) is 3.13. The van der Waals surface area contributed by atoms with E-state index in [1.165, 1.54) is 25.7 Å². The fourth-order valence-corrected chi connectivity index (χ4v) is 4.41. The van der Waals surface area contributed by atoms with Crippen molar-refractivity contribution in [2.75, 3.05) is 46.9 Å². The minimum Gasteiger partial charge on any atom is -0.383 e. The zero-order valence-corrected chi connectivity index (χ0v) is 13.5. The Balaban J connectivity index is 1.56. The topological polar surface area (TPSA) is 36.0 Å². The van der Waals surface area contributed by atoms with Gasteiger partial charge in [-0.2, -0.15) is 0 Å². The first-order valence-corrected chi connectivity index (χ1v) is 8.42. The molecule has 3 rings (SSSR count). The van der Waals surface area contributed by atoms with Crippen molar-refractivity contribution in [3.8, 4) is 0 Å². The van der Waals surface area contributed by atoms with Crippen LogP contribution in [0.2, 0.25) is 0 Å². The fraction of sp³-hybridized carbons (Fsp3) is 0.938. The number of carbonyl (C=O) groups is 1. The predicted octanol–water partition coefficient (Wildman–Crippen LogP) is 1.78. The first-order chi connectivity index (χ1) is 10.2. The third-order valence-corrected chi connectivity index (χ3v) is 5.94. The Labute approximate surface area is 128 Å². The van der Waals surface area contributed by atoms with Crippen LogP contribution in [0.3, 0.4) is 0 Å². The maximum atomic E-state index is 12.5. The summed E-state index contributed by atoms with van der Waals surface area (Å²) in [6.07, 6.45) is 7.05. The van der Waals surface area contributed by atoms with Gasteiger partial charge in [0.05, 0.1) is 6.61 Å². The Bertz CT molecular complexity index is 374. The number of ether oxygens (including phenoxy) is 1. The molecule has 0 unspecified atom stereocenters. The van der Waals surface area contributed by atoms with Crippen LogP contribution in [0.4, 0.5) is 4.79 Å². The van der Waals surface area contributed by atoms with Gasteiger partial charge in [0.25, 0.3) is 0 Å². The summed E-state index contributed by atoms with van der Waals surface area (Å²) in [5, 5.41) is 0. The van der Waals surface area contributed by atoms with Gasteiger partial charge in [-0.25, -0.2) is 4.79 Å². The Morgan fingerprint density at radius 3 is 2.33 bits per heavy atom. The van der Waals surface area contributed by atoms with Crippen LogP contribution in [-0.2, 0) is 4.74 Å². The van der Waals surface area contributed by atoms with E-state index in [0.717, 1.165) is 45.6 Å². The molecule has 3 saturated heterocycles. The van der Waals surface area contributed by atoms with Gasteiger partial charge in [-0.1, -0.05) is 0 Å². The Hall–Kier alpha value is -0.810. The van der Waals surface area contributed by atoms with Crippen LogP contribution in [0.5, 0.6) is 0 Å². The Kier molecular flexibility index (Phi) is 4.41. The number of amides is 2. The van der Waals surface area contributed by atoms with Crippen molar-refractivity contribution in [1.29, 1.82) is 0 Å². The van der Waals surface area contributed by atoms with Crippen molar-refractivity contribution in [3.05, 3.63) is 0 Å². The van der Waals surface area contributed by atoms with Crippen LogP contribution in [0.15, 0.2) is 0 Å². The highest BCUT2D eigenvalue weighted by molar-refractivity contribution is 5.74. The first kappa shape index (κ1) is 15.1. The molecule has 3 aliphatic heterocycles. The molecule has 0 aromatic rings. The highest BCUT2D eigenvalue weighted by Gasteiger charge is 2.46. The van der Waals surface area contributed by atoms with Crippen molar-refractivity contribution in [3.63, 3.8) is 0 Å². The van der Waals surface area contributed by atoms with E-state index >= 15 is 0 Å². The van der Waals surface area contributed by atoms with E-state index < -0.39 is 0 Å². The van der Waals surface area contributed by atoms with Crippen LogP contribution in [0.25, 0.3) is 0 Å². The van der Waals surface area contributed by atoms with Gasteiger partial charge in [-0.3, -0.25) is 4.90 Å². The number of nitrogens with zero attached hydrogens (tertiary/aromatic N) is 3. The normalized spacial score (nSPS) is 29.5. The first-order valence-electron chi connectivity index (χ1n) is 8.42. The molecule has 0 aliphatic carbocycles. The standard InChI is InChI=1S/C16H29N3O2/c1-17-14(13-21-2)5-6-16(17)7-11-19(12-8-16)15(20)18-9-3-4-10-18/h14H,3-13H2,1-2H3/t14-/m1/s1. The van der Waals surface area contributed by atoms with Crippen molar-refractivity contribution < 1.29 is 9.53 Å². The highest BCUT2D eigenvalue weighted by Crippen LogP contribution is 2.40. The smallest absolute Gasteiger partial charge is 0.319 e. The van der Waals surface area contributed by atoms with E-state index in [1.54, 1.807) is 7.11 Å². The third kappa shape index (κ3) is 2.78. The molecule has 0 N–H and O–H groups in total. The zero-order valence-electron chi connectivity index (χ0n) is 13.5. The fourth-order valence-electron chi connectivity index (χ4n) is 4.41. The van der Waals surface area contributed by atoms with Gasteiger partial charge in [-0.15, -0.1) is 0 Å². The molecule has 120 valence electrons. The lowest BCUT2D eigenvalue weighted by Gasteiger charge is -2.45. The lowest BCUT2D eigenvalue weighted by Crippen LogP contribution is -2.55. The Morgan fingerprint density at radius 2 is 1.71 bits per heavy atom. The number of rotatable bonds is 2. The van der Waals surface area contributed by atoms with Crippen LogP contribution in [0, 0.1) is 0 Å².